The van der Waals surface area contributed by atoms with Gasteiger partial charge in [-0.1, -0.05) is 20.3 Å². The van der Waals surface area contributed by atoms with Gasteiger partial charge in [-0.05, 0) is 43.5 Å². The molecule has 132 valence electrons. The number of rotatable bonds is 7. The van der Waals surface area contributed by atoms with Crippen molar-refractivity contribution in [1.29, 1.82) is 0 Å². The number of nitrogens with zero attached hydrogens (tertiary/aromatic N) is 2. The summed E-state index contributed by atoms with van der Waals surface area (Å²) in [4.78, 5) is 27.8. The maximum absolute atomic E-state index is 12.6. The van der Waals surface area contributed by atoms with Gasteiger partial charge in [0.05, 0.1) is 5.92 Å². The topological polar surface area (TPSA) is 60.9 Å². The zero-order chi connectivity index (χ0) is 17.7. The van der Waals surface area contributed by atoms with Crippen LogP contribution >= 0.6 is 0 Å². The molecule has 1 heterocycles. The van der Waals surface area contributed by atoms with Gasteiger partial charge in [0.1, 0.15) is 0 Å². The number of hydrogen-bond acceptors (Lipinski definition) is 3. The largest absolute Gasteiger partial charge is 0.481 e. The molecule has 24 heavy (non-hydrogen) atoms. The minimum Gasteiger partial charge on any atom is -0.481 e. The Morgan fingerprint density at radius 2 is 1.88 bits per heavy atom. The number of carbonyl (C=O) groups is 2. The van der Waals surface area contributed by atoms with Crippen LogP contribution in [0, 0.1) is 11.8 Å². The summed E-state index contributed by atoms with van der Waals surface area (Å²) in [5.74, 6) is -1.36. The predicted octanol–water partition coefficient (Wildman–Crippen LogP) is 3.11. The third-order valence-electron chi connectivity index (χ3n) is 4.86. The zero-order valence-electron chi connectivity index (χ0n) is 14.9. The number of unbranched alkanes of at least 4 members (excludes halogenated alkanes) is 1. The summed E-state index contributed by atoms with van der Waals surface area (Å²) >= 11 is 0. The summed E-state index contributed by atoms with van der Waals surface area (Å²) in [6.07, 6.45) is 2.31. The second-order valence-electron chi connectivity index (χ2n) is 6.61. The number of hydrogen-bond donors (Lipinski definition) is 1. The number of carboxylic acids is 1. The second kappa shape index (κ2) is 8.18. The first kappa shape index (κ1) is 18.3. The molecule has 0 unspecified atom stereocenters. The zero-order valence-corrected chi connectivity index (χ0v) is 14.9. The van der Waals surface area contributed by atoms with Crippen LogP contribution in [-0.4, -0.2) is 48.1 Å². The van der Waals surface area contributed by atoms with Gasteiger partial charge in [-0.15, -0.1) is 0 Å². The number of likely N-dealkylation sites (tertiary alicyclic amines) is 1. The molecular formula is C19H28N2O3. The maximum atomic E-state index is 12.6. The summed E-state index contributed by atoms with van der Waals surface area (Å²) in [7, 11) is 0. The van der Waals surface area contributed by atoms with Crippen molar-refractivity contribution in [3.05, 3.63) is 29.8 Å². The monoisotopic (exact) mass is 332 g/mol. The molecular weight excluding hydrogens is 304 g/mol. The van der Waals surface area contributed by atoms with Crippen molar-refractivity contribution in [2.45, 2.75) is 33.6 Å². The molecule has 2 rings (SSSR count). The van der Waals surface area contributed by atoms with Crippen molar-refractivity contribution in [3.63, 3.8) is 0 Å². The number of amides is 1. The number of aliphatic carboxylic acids is 1. The Labute approximate surface area is 144 Å². The van der Waals surface area contributed by atoms with Crippen molar-refractivity contribution >= 4 is 17.6 Å². The maximum Gasteiger partial charge on any atom is 0.308 e. The third kappa shape index (κ3) is 4.08. The van der Waals surface area contributed by atoms with Crippen LogP contribution in [0.15, 0.2) is 24.3 Å². The van der Waals surface area contributed by atoms with E-state index in [4.69, 9.17) is 0 Å². The summed E-state index contributed by atoms with van der Waals surface area (Å²) < 4.78 is 0. The molecule has 1 fully saturated rings. The molecule has 1 N–H and O–H groups in total. The van der Waals surface area contributed by atoms with Gasteiger partial charge in [-0.3, -0.25) is 9.59 Å². The molecule has 2 atom stereocenters. The van der Waals surface area contributed by atoms with Crippen molar-refractivity contribution in [3.8, 4) is 0 Å². The molecule has 1 aliphatic rings. The third-order valence-corrected chi connectivity index (χ3v) is 4.86. The number of anilines is 1. The first-order valence-corrected chi connectivity index (χ1v) is 8.85. The lowest BCUT2D eigenvalue weighted by Crippen LogP contribution is -2.30. The standard InChI is InChI=1S/C19H28N2O3/c1-4-6-11-20(5-2)16-9-7-15(8-10-16)18(22)21-12-14(3)17(13-21)19(23)24/h7-10,14,17H,4-6,11-13H2,1-3H3,(H,23,24)/t14-,17-/m1/s1. The molecule has 5 heteroatoms. The van der Waals surface area contributed by atoms with Crippen LogP contribution in [0.5, 0.6) is 0 Å². The Morgan fingerprint density at radius 1 is 1.21 bits per heavy atom. The molecule has 1 saturated heterocycles. The van der Waals surface area contributed by atoms with E-state index in [0.717, 1.165) is 31.6 Å². The Hall–Kier alpha value is -2.04. The number of carbonyl (C=O) groups excluding carboxylic acids is 1. The summed E-state index contributed by atoms with van der Waals surface area (Å²) in [5.41, 5.74) is 1.75. The van der Waals surface area contributed by atoms with E-state index in [1.165, 1.54) is 0 Å². The molecule has 0 saturated carbocycles. The summed E-state index contributed by atoms with van der Waals surface area (Å²) in [5, 5.41) is 9.21. The average molecular weight is 332 g/mol. The summed E-state index contributed by atoms with van der Waals surface area (Å²) in [6, 6.07) is 7.68. The van der Waals surface area contributed by atoms with Gasteiger partial charge in [-0.2, -0.15) is 0 Å². The van der Waals surface area contributed by atoms with Gasteiger partial charge in [0.25, 0.3) is 5.91 Å². The van der Waals surface area contributed by atoms with Crippen molar-refractivity contribution < 1.29 is 14.7 Å². The minimum absolute atomic E-state index is 0.00431. The van der Waals surface area contributed by atoms with E-state index in [9.17, 15) is 14.7 Å². The summed E-state index contributed by atoms with van der Waals surface area (Å²) in [6.45, 7) is 8.97. The Morgan fingerprint density at radius 3 is 2.38 bits per heavy atom. The molecule has 0 radical (unpaired) electrons. The van der Waals surface area contributed by atoms with Gasteiger partial charge >= 0.3 is 5.97 Å². The lowest BCUT2D eigenvalue weighted by molar-refractivity contribution is -0.142. The fraction of sp³-hybridized carbons (Fsp3) is 0.579. The average Bonchev–Trinajstić information content (AvgIpc) is 2.97. The molecule has 1 amide bonds. The minimum atomic E-state index is -0.817. The van der Waals surface area contributed by atoms with Gasteiger partial charge in [0, 0.05) is 37.4 Å². The lowest BCUT2D eigenvalue weighted by Gasteiger charge is -2.23. The molecule has 1 aromatic rings. The van der Waals surface area contributed by atoms with Crippen molar-refractivity contribution in [2.75, 3.05) is 31.1 Å². The normalized spacial score (nSPS) is 20.2. The highest BCUT2D eigenvalue weighted by atomic mass is 16.4. The Bertz CT molecular complexity index is 570. The van der Waals surface area contributed by atoms with E-state index in [2.05, 4.69) is 18.7 Å². The van der Waals surface area contributed by atoms with Crippen LogP contribution in [0.3, 0.4) is 0 Å². The van der Waals surface area contributed by atoms with Crippen molar-refractivity contribution in [1.82, 2.24) is 4.90 Å². The fourth-order valence-corrected chi connectivity index (χ4v) is 3.27. The van der Waals surface area contributed by atoms with Crippen LogP contribution in [0.2, 0.25) is 0 Å². The first-order valence-electron chi connectivity index (χ1n) is 8.85. The van der Waals surface area contributed by atoms with Gasteiger partial charge in [0.2, 0.25) is 0 Å². The highest BCUT2D eigenvalue weighted by molar-refractivity contribution is 5.95. The SMILES string of the molecule is CCCCN(CC)c1ccc(C(=O)N2C[C@@H](C)[C@H](C(=O)O)C2)cc1. The molecule has 0 spiro atoms. The van der Waals surface area contributed by atoms with E-state index < -0.39 is 11.9 Å². The molecule has 5 nitrogen and oxygen atoms in total. The van der Waals surface area contributed by atoms with Crippen molar-refractivity contribution in [2.24, 2.45) is 11.8 Å². The van der Waals surface area contributed by atoms with Gasteiger partial charge in [0.15, 0.2) is 0 Å². The highest BCUT2D eigenvalue weighted by Crippen LogP contribution is 2.25. The van der Waals surface area contributed by atoms with Crippen LogP contribution in [0.25, 0.3) is 0 Å². The molecule has 1 aliphatic heterocycles. The molecule has 0 aromatic heterocycles. The predicted molar refractivity (Wildman–Crippen MR) is 95.4 cm³/mol. The molecule has 1 aromatic carbocycles. The quantitative estimate of drug-likeness (QED) is 0.833. The smallest absolute Gasteiger partial charge is 0.308 e. The molecule has 0 bridgehead atoms. The Kier molecular flexibility index (Phi) is 6.23. The number of carboxylic acid groups (broad SMARTS) is 1. The van der Waals surface area contributed by atoms with E-state index in [-0.39, 0.29) is 11.8 Å². The van der Waals surface area contributed by atoms with Gasteiger partial charge in [-0.25, -0.2) is 0 Å². The first-order chi connectivity index (χ1) is 11.5. The van der Waals surface area contributed by atoms with E-state index in [1.54, 1.807) is 4.90 Å². The highest BCUT2D eigenvalue weighted by Gasteiger charge is 2.37. The lowest BCUT2D eigenvalue weighted by atomic mass is 9.99. The van der Waals surface area contributed by atoms with Crippen LogP contribution in [0.1, 0.15) is 44.0 Å². The second-order valence-corrected chi connectivity index (χ2v) is 6.61. The van der Waals surface area contributed by atoms with Crippen LogP contribution in [-0.2, 0) is 4.79 Å². The fourth-order valence-electron chi connectivity index (χ4n) is 3.27. The molecule has 0 aliphatic carbocycles. The van der Waals surface area contributed by atoms with Crippen LogP contribution in [0.4, 0.5) is 5.69 Å². The van der Waals surface area contributed by atoms with Gasteiger partial charge < -0.3 is 14.9 Å². The Balaban J connectivity index is 2.05. The van der Waals surface area contributed by atoms with E-state index in [0.29, 0.717) is 18.7 Å². The van der Waals surface area contributed by atoms with E-state index in [1.807, 2.05) is 31.2 Å². The van der Waals surface area contributed by atoms with E-state index >= 15 is 0 Å². The number of benzene rings is 1. The van der Waals surface area contributed by atoms with Crippen LogP contribution < -0.4 is 4.90 Å².